The second-order valence-corrected chi connectivity index (χ2v) is 6.88. The maximum Gasteiger partial charge on any atom is 0.256 e. The topological polar surface area (TPSA) is 44.4 Å². The molecule has 0 atom stereocenters. The average Bonchev–Trinajstić information content (AvgIpc) is 2.68. The molecule has 2 N–H and O–H groups in total. The molecule has 146 valence electrons. The van der Waals surface area contributed by atoms with Gasteiger partial charge < -0.3 is 15.5 Å². The van der Waals surface area contributed by atoms with Crippen LogP contribution < -0.4 is 15.5 Å². The SMILES string of the molecule is Cl.Cl.O=C(Nc1ccccc1N1CCCCC1)c1cccc2c1CCCN2. The lowest BCUT2D eigenvalue weighted by Gasteiger charge is -2.30. The molecule has 4 nitrogen and oxygen atoms in total. The third-order valence-electron chi connectivity index (χ3n) is 5.19. The monoisotopic (exact) mass is 407 g/mol. The first-order valence-electron chi connectivity index (χ1n) is 9.34. The summed E-state index contributed by atoms with van der Waals surface area (Å²) >= 11 is 0. The van der Waals surface area contributed by atoms with Crippen LogP contribution in [-0.2, 0) is 6.42 Å². The van der Waals surface area contributed by atoms with Crippen molar-refractivity contribution in [3.8, 4) is 0 Å². The second kappa shape index (κ2) is 9.86. The van der Waals surface area contributed by atoms with Crippen molar-refractivity contribution >= 4 is 47.8 Å². The van der Waals surface area contributed by atoms with Gasteiger partial charge >= 0.3 is 0 Å². The maximum atomic E-state index is 13.0. The van der Waals surface area contributed by atoms with Crippen LogP contribution in [0.25, 0.3) is 0 Å². The number of nitrogens with zero attached hydrogens (tertiary/aromatic N) is 1. The van der Waals surface area contributed by atoms with E-state index in [4.69, 9.17) is 0 Å². The van der Waals surface area contributed by atoms with Crippen molar-refractivity contribution in [3.63, 3.8) is 0 Å². The van der Waals surface area contributed by atoms with Gasteiger partial charge in [0.25, 0.3) is 5.91 Å². The van der Waals surface area contributed by atoms with Gasteiger partial charge in [-0.2, -0.15) is 0 Å². The van der Waals surface area contributed by atoms with Crippen molar-refractivity contribution in [2.75, 3.05) is 35.2 Å². The van der Waals surface area contributed by atoms with Crippen molar-refractivity contribution in [2.45, 2.75) is 32.1 Å². The molecule has 4 rings (SSSR count). The molecule has 0 radical (unpaired) electrons. The molecule has 0 bridgehead atoms. The van der Waals surface area contributed by atoms with Gasteiger partial charge in [-0.1, -0.05) is 18.2 Å². The molecule has 0 saturated carbocycles. The smallest absolute Gasteiger partial charge is 0.256 e. The summed E-state index contributed by atoms with van der Waals surface area (Å²) < 4.78 is 0. The minimum atomic E-state index is -0.00925. The molecule has 1 saturated heterocycles. The number of halogens is 2. The number of carbonyl (C=O) groups excluding carboxylic acids is 1. The van der Waals surface area contributed by atoms with Crippen LogP contribution in [0.1, 0.15) is 41.6 Å². The van der Waals surface area contributed by atoms with E-state index in [0.717, 1.165) is 60.7 Å². The molecule has 0 unspecified atom stereocenters. The molecule has 27 heavy (non-hydrogen) atoms. The number of hydrogen-bond acceptors (Lipinski definition) is 3. The van der Waals surface area contributed by atoms with Crippen LogP contribution in [0.15, 0.2) is 42.5 Å². The highest BCUT2D eigenvalue weighted by molar-refractivity contribution is 6.07. The zero-order valence-electron chi connectivity index (χ0n) is 15.4. The van der Waals surface area contributed by atoms with Gasteiger partial charge in [0.2, 0.25) is 0 Å². The van der Waals surface area contributed by atoms with E-state index in [1.165, 1.54) is 19.3 Å². The highest BCUT2D eigenvalue weighted by Crippen LogP contribution is 2.30. The first kappa shape index (κ1) is 21.4. The number of anilines is 3. The van der Waals surface area contributed by atoms with Crippen molar-refractivity contribution in [3.05, 3.63) is 53.6 Å². The summed E-state index contributed by atoms with van der Waals surface area (Å²) in [5.41, 5.74) is 5.08. The lowest BCUT2D eigenvalue weighted by Crippen LogP contribution is -2.30. The van der Waals surface area contributed by atoms with Gasteiger partial charge in [-0.3, -0.25) is 4.79 Å². The lowest BCUT2D eigenvalue weighted by atomic mass is 9.97. The second-order valence-electron chi connectivity index (χ2n) is 6.88. The molecule has 2 heterocycles. The lowest BCUT2D eigenvalue weighted by molar-refractivity contribution is 0.102. The van der Waals surface area contributed by atoms with E-state index in [1.54, 1.807) is 0 Å². The fourth-order valence-electron chi connectivity index (χ4n) is 3.90. The predicted molar refractivity (Wildman–Crippen MR) is 118 cm³/mol. The molecule has 2 aliphatic heterocycles. The van der Waals surface area contributed by atoms with Crippen molar-refractivity contribution < 1.29 is 4.79 Å². The van der Waals surface area contributed by atoms with Gasteiger partial charge in [0.15, 0.2) is 0 Å². The van der Waals surface area contributed by atoms with E-state index in [0.29, 0.717) is 0 Å². The van der Waals surface area contributed by atoms with Gasteiger partial charge in [0.1, 0.15) is 0 Å². The van der Waals surface area contributed by atoms with Crippen molar-refractivity contribution in [2.24, 2.45) is 0 Å². The van der Waals surface area contributed by atoms with E-state index >= 15 is 0 Å². The number of amides is 1. The molecule has 0 spiro atoms. The Morgan fingerprint density at radius 1 is 0.926 bits per heavy atom. The Kier molecular flexibility index (Phi) is 7.81. The molecular formula is C21H27Cl2N3O. The van der Waals surface area contributed by atoms with Crippen LogP contribution in [0.2, 0.25) is 0 Å². The van der Waals surface area contributed by atoms with Crippen LogP contribution >= 0.6 is 24.8 Å². The molecule has 2 aromatic carbocycles. The zero-order valence-corrected chi connectivity index (χ0v) is 17.0. The molecule has 0 aliphatic carbocycles. The number of para-hydroxylation sites is 2. The first-order valence-corrected chi connectivity index (χ1v) is 9.34. The van der Waals surface area contributed by atoms with Gasteiger partial charge in [-0.15, -0.1) is 24.8 Å². The van der Waals surface area contributed by atoms with Gasteiger partial charge in [0.05, 0.1) is 11.4 Å². The highest BCUT2D eigenvalue weighted by atomic mass is 35.5. The quantitative estimate of drug-likeness (QED) is 0.740. The summed E-state index contributed by atoms with van der Waals surface area (Å²) in [6, 6.07) is 14.1. The molecule has 0 aromatic heterocycles. The largest absolute Gasteiger partial charge is 0.385 e. The van der Waals surface area contributed by atoms with Crippen LogP contribution in [0.4, 0.5) is 17.1 Å². The summed E-state index contributed by atoms with van der Waals surface area (Å²) in [4.78, 5) is 15.4. The Morgan fingerprint density at radius 2 is 1.70 bits per heavy atom. The molecule has 1 fully saturated rings. The van der Waals surface area contributed by atoms with Gasteiger partial charge in [-0.25, -0.2) is 0 Å². The fourth-order valence-corrected chi connectivity index (χ4v) is 3.90. The normalized spacial score (nSPS) is 15.5. The number of nitrogens with one attached hydrogen (secondary N) is 2. The first-order chi connectivity index (χ1) is 12.3. The molecule has 2 aromatic rings. The van der Waals surface area contributed by atoms with Crippen molar-refractivity contribution in [1.82, 2.24) is 0 Å². The molecule has 6 heteroatoms. The summed E-state index contributed by atoms with van der Waals surface area (Å²) in [6.45, 7) is 3.12. The predicted octanol–water partition coefficient (Wildman–Crippen LogP) is 5.13. The molecular weight excluding hydrogens is 381 g/mol. The highest BCUT2D eigenvalue weighted by Gasteiger charge is 2.20. The Hall–Kier alpha value is -1.91. The number of piperidine rings is 1. The van der Waals surface area contributed by atoms with E-state index in [2.05, 4.69) is 27.7 Å². The third kappa shape index (κ3) is 4.69. The third-order valence-corrected chi connectivity index (χ3v) is 5.19. The zero-order chi connectivity index (χ0) is 17.1. The number of rotatable bonds is 3. The Morgan fingerprint density at radius 3 is 2.52 bits per heavy atom. The van der Waals surface area contributed by atoms with E-state index < -0.39 is 0 Å². The maximum absolute atomic E-state index is 13.0. The summed E-state index contributed by atoms with van der Waals surface area (Å²) in [7, 11) is 0. The minimum Gasteiger partial charge on any atom is -0.385 e. The molecule has 2 aliphatic rings. The van der Waals surface area contributed by atoms with Crippen LogP contribution in [-0.4, -0.2) is 25.5 Å². The van der Waals surface area contributed by atoms with Gasteiger partial charge in [-0.05, 0) is 61.9 Å². The minimum absolute atomic E-state index is 0. The van der Waals surface area contributed by atoms with Crippen LogP contribution in [0.5, 0.6) is 0 Å². The van der Waals surface area contributed by atoms with Crippen LogP contribution in [0, 0.1) is 0 Å². The van der Waals surface area contributed by atoms with Crippen LogP contribution in [0.3, 0.4) is 0 Å². The van der Waals surface area contributed by atoms with Crippen molar-refractivity contribution in [1.29, 1.82) is 0 Å². The Bertz CT molecular complexity index is 776. The fraction of sp³-hybridized carbons (Fsp3) is 0.381. The summed E-state index contributed by atoms with van der Waals surface area (Å²) in [5, 5.41) is 6.56. The Labute approximate surface area is 173 Å². The number of benzene rings is 2. The summed E-state index contributed by atoms with van der Waals surface area (Å²) in [6.07, 6.45) is 5.77. The van der Waals surface area contributed by atoms with E-state index in [9.17, 15) is 4.79 Å². The average molecular weight is 408 g/mol. The number of hydrogen-bond donors (Lipinski definition) is 2. The van der Waals surface area contributed by atoms with E-state index in [1.807, 2.05) is 30.3 Å². The molecule has 1 amide bonds. The van der Waals surface area contributed by atoms with E-state index in [-0.39, 0.29) is 30.7 Å². The number of carbonyl (C=O) groups is 1. The van der Waals surface area contributed by atoms with Gasteiger partial charge in [0, 0.05) is 30.9 Å². The summed E-state index contributed by atoms with van der Waals surface area (Å²) in [5.74, 6) is -0.00925. The standard InChI is InChI=1S/C21H25N3O.2ClH/c25-21(17-8-6-11-18-16(17)9-7-13-22-18)23-19-10-2-3-12-20(19)24-14-4-1-5-15-24;;/h2-3,6,8,10-12,22H,1,4-5,7,9,13-15H2,(H,23,25);2*1H. The Balaban J connectivity index is 0.00000131. The number of fused-ring (bicyclic) bond motifs is 1.